The second-order valence-corrected chi connectivity index (χ2v) is 4.50. The molecule has 4 atom stereocenters. The van der Waals surface area contributed by atoms with Crippen molar-refractivity contribution in [2.45, 2.75) is 45.4 Å². The monoisotopic (exact) mass is 244 g/mol. The lowest BCUT2D eigenvalue weighted by molar-refractivity contribution is -0.141. The minimum atomic E-state index is -0.921. The van der Waals surface area contributed by atoms with E-state index in [9.17, 15) is 9.59 Å². The van der Waals surface area contributed by atoms with E-state index in [1.807, 2.05) is 6.92 Å². The van der Waals surface area contributed by atoms with Crippen molar-refractivity contribution >= 4 is 12.0 Å². The van der Waals surface area contributed by atoms with Crippen LogP contribution in [0.3, 0.4) is 0 Å². The highest BCUT2D eigenvalue weighted by atomic mass is 16.5. The molecule has 17 heavy (non-hydrogen) atoms. The molecule has 1 heterocycles. The van der Waals surface area contributed by atoms with Crippen LogP contribution in [0.15, 0.2) is 0 Å². The van der Waals surface area contributed by atoms with Crippen molar-refractivity contribution in [3.8, 4) is 0 Å². The van der Waals surface area contributed by atoms with E-state index in [0.29, 0.717) is 6.61 Å². The summed E-state index contributed by atoms with van der Waals surface area (Å²) in [5.74, 6) is -1.53. The third-order valence-corrected chi connectivity index (χ3v) is 3.19. The van der Waals surface area contributed by atoms with Crippen LogP contribution in [0.1, 0.15) is 27.2 Å². The Bertz CT molecular complexity index is 295. The lowest BCUT2D eigenvalue weighted by Gasteiger charge is -2.21. The maximum atomic E-state index is 11.6. The van der Waals surface area contributed by atoms with Gasteiger partial charge in [-0.3, -0.25) is 4.79 Å². The molecule has 0 bridgehead atoms. The molecular formula is C11H20N2O4. The lowest BCUT2D eigenvalue weighted by Crippen LogP contribution is -2.49. The third kappa shape index (κ3) is 3.89. The number of carboxylic acid groups (broad SMARTS) is 1. The molecule has 3 N–H and O–H groups in total. The Labute approximate surface area is 101 Å². The topological polar surface area (TPSA) is 87.7 Å². The largest absolute Gasteiger partial charge is 0.481 e. The first kappa shape index (κ1) is 13.8. The van der Waals surface area contributed by atoms with Gasteiger partial charge < -0.3 is 20.5 Å². The maximum absolute atomic E-state index is 11.6. The first-order chi connectivity index (χ1) is 7.91. The summed E-state index contributed by atoms with van der Waals surface area (Å²) < 4.78 is 5.32. The molecule has 0 aliphatic carbocycles. The number of hydrogen-bond acceptors (Lipinski definition) is 3. The predicted octanol–water partition coefficient (Wildman–Crippen LogP) is 0.572. The van der Waals surface area contributed by atoms with Gasteiger partial charge in [0.2, 0.25) is 0 Å². The summed E-state index contributed by atoms with van der Waals surface area (Å²) in [6.07, 6.45) is 0.797. The lowest BCUT2D eigenvalue weighted by atomic mass is 10.0. The number of nitrogens with one attached hydrogen (secondary N) is 2. The fourth-order valence-corrected chi connectivity index (χ4v) is 1.68. The Hall–Kier alpha value is -1.30. The highest BCUT2D eigenvalue weighted by molar-refractivity contribution is 5.76. The van der Waals surface area contributed by atoms with Gasteiger partial charge in [0.15, 0.2) is 0 Å². The van der Waals surface area contributed by atoms with Gasteiger partial charge in [0, 0.05) is 12.6 Å². The number of amides is 2. The molecule has 4 unspecified atom stereocenters. The van der Waals surface area contributed by atoms with Crippen LogP contribution in [0.25, 0.3) is 0 Å². The van der Waals surface area contributed by atoms with Crippen LogP contribution in [-0.4, -0.2) is 41.9 Å². The molecule has 0 aromatic heterocycles. The summed E-state index contributed by atoms with van der Waals surface area (Å²) in [4.78, 5) is 22.3. The number of ether oxygens (including phenoxy) is 1. The molecule has 0 saturated carbocycles. The summed E-state index contributed by atoms with van der Waals surface area (Å²) in [6.45, 7) is 5.79. The smallest absolute Gasteiger partial charge is 0.315 e. The van der Waals surface area contributed by atoms with Gasteiger partial charge >= 0.3 is 12.0 Å². The number of carboxylic acids is 1. The van der Waals surface area contributed by atoms with Gasteiger partial charge in [-0.1, -0.05) is 0 Å². The Morgan fingerprint density at radius 2 is 2.06 bits per heavy atom. The number of hydrogen-bond donors (Lipinski definition) is 3. The van der Waals surface area contributed by atoms with E-state index in [-0.39, 0.29) is 18.2 Å². The van der Waals surface area contributed by atoms with Crippen LogP contribution in [0.2, 0.25) is 0 Å². The van der Waals surface area contributed by atoms with Gasteiger partial charge in [0.25, 0.3) is 0 Å². The average Bonchev–Trinajstić information content (AvgIpc) is 2.62. The summed E-state index contributed by atoms with van der Waals surface area (Å²) >= 11 is 0. The normalized spacial score (nSPS) is 27.2. The van der Waals surface area contributed by atoms with Crippen molar-refractivity contribution in [1.29, 1.82) is 0 Å². The zero-order valence-corrected chi connectivity index (χ0v) is 10.4. The molecule has 0 aromatic rings. The molecule has 1 aliphatic heterocycles. The van der Waals surface area contributed by atoms with Gasteiger partial charge in [-0.25, -0.2) is 4.79 Å². The zero-order chi connectivity index (χ0) is 13.0. The second-order valence-electron chi connectivity index (χ2n) is 4.50. The molecular weight excluding hydrogens is 224 g/mol. The summed E-state index contributed by atoms with van der Waals surface area (Å²) in [5, 5.41) is 14.2. The van der Waals surface area contributed by atoms with Crippen molar-refractivity contribution in [3.05, 3.63) is 0 Å². The fourth-order valence-electron chi connectivity index (χ4n) is 1.68. The van der Waals surface area contributed by atoms with E-state index in [2.05, 4.69) is 10.6 Å². The minimum Gasteiger partial charge on any atom is -0.481 e. The van der Waals surface area contributed by atoms with Gasteiger partial charge in [-0.15, -0.1) is 0 Å². The molecule has 1 saturated heterocycles. The molecule has 0 radical (unpaired) electrons. The Morgan fingerprint density at radius 1 is 1.41 bits per heavy atom. The summed E-state index contributed by atoms with van der Waals surface area (Å²) in [6, 6.07) is -0.750. The van der Waals surface area contributed by atoms with Crippen LogP contribution in [0, 0.1) is 5.92 Å². The number of carbonyl (C=O) groups excluding carboxylic acids is 1. The van der Waals surface area contributed by atoms with Crippen LogP contribution in [-0.2, 0) is 9.53 Å². The average molecular weight is 244 g/mol. The molecule has 0 aromatic carbocycles. The molecule has 98 valence electrons. The Morgan fingerprint density at radius 3 is 2.53 bits per heavy atom. The standard InChI is InChI=1S/C11H20N2O4/c1-6(10(14)15)7(2)12-11(16)13-9-4-5-17-8(9)3/h6-9H,4-5H2,1-3H3,(H,14,15)(H2,12,13,16). The number of carbonyl (C=O) groups is 2. The minimum absolute atomic E-state index is 0.00216. The van der Waals surface area contributed by atoms with E-state index >= 15 is 0 Å². The van der Waals surface area contributed by atoms with Crippen molar-refractivity contribution < 1.29 is 19.4 Å². The van der Waals surface area contributed by atoms with Crippen molar-refractivity contribution in [1.82, 2.24) is 10.6 Å². The molecule has 2 amide bonds. The first-order valence-electron chi connectivity index (χ1n) is 5.83. The van der Waals surface area contributed by atoms with E-state index in [0.717, 1.165) is 6.42 Å². The van der Waals surface area contributed by atoms with E-state index in [1.54, 1.807) is 13.8 Å². The third-order valence-electron chi connectivity index (χ3n) is 3.19. The van der Waals surface area contributed by atoms with E-state index < -0.39 is 17.9 Å². The van der Waals surface area contributed by atoms with Gasteiger partial charge in [-0.2, -0.15) is 0 Å². The highest BCUT2D eigenvalue weighted by Gasteiger charge is 2.27. The Kier molecular flexibility index (Phi) is 4.74. The highest BCUT2D eigenvalue weighted by Crippen LogP contribution is 2.12. The quantitative estimate of drug-likeness (QED) is 0.674. The fraction of sp³-hybridized carbons (Fsp3) is 0.818. The zero-order valence-electron chi connectivity index (χ0n) is 10.4. The van der Waals surface area contributed by atoms with Crippen LogP contribution >= 0.6 is 0 Å². The van der Waals surface area contributed by atoms with Crippen LogP contribution in [0.5, 0.6) is 0 Å². The SMILES string of the molecule is CC(NC(=O)NC1CCOC1C)C(C)C(=O)O. The molecule has 1 fully saturated rings. The van der Waals surface area contributed by atoms with Gasteiger partial charge in [-0.05, 0) is 27.2 Å². The number of urea groups is 1. The number of aliphatic carboxylic acids is 1. The maximum Gasteiger partial charge on any atom is 0.315 e. The molecule has 1 rings (SSSR count). The van der Waals surface area contributed by atoms with Crippen molar-refractivity contribution in [2.75, 3.05) is 6.61 Å². The van der Waals surface area contributed by atoms with Crippen LogP contribution < -0.4 is 10.6 Å². The van der Waals surface area contributed by atoms with E-state index in [1.165, 1.54) is 0 Å². The van der Waals surface area contributed by atoms with Crippen molar-refractivity contribution in [3.63, 3.8) is 0 Å². The summed E-state index contributed by atoms with van der Waals surface area (Å²) in [5.41, 5.74) is 0. The first-order valence-corrected chi connectivity index (χ1v) is 5.83. The predicted molar refractivity (Wildman–Crippen MR) is 61.7 cm³/mol. The Balaban J connectivity index is 2.36. The molecule has 1 aliphatic rings. The molecule has 6 nitrogen and oxygen atoms in total. The number of rotatable bonds is 4. The second kappa shape index (κ2) is 5.86. The molecule has 0 spiro atoms. The van der Waals surface area contributed by atoms with Gasteiger partial charge in [0.1, 0.15) is 0 Å². The summed E-state index contributed by atoms with van der Waals surface area (Å²) in [7, 11) is 0. The van der Waals surface area contributed by atoms with Crippen LogP contribution in [0.4, 0.5) is 4.79 Å². The van der Waals surface area contributed by atoms with Crippen molar-refractivity contribution in [2.24, 2.45) is 5.92 Å². The van der Waals surface area contributed by atoms with Gasteiger partial charge in [0.05, 0.1) is 18.1 Å². The van der Waals surface area contributed by atoms with E-state index in [4.69, 9.17) is 9.84 Å². The molecule has 6 heteroatoms.